The van der Waals surface area contributed by atoms with Gasteiger partial charge in [0.2, 0.25) is 5.91 Å². The summed E-state index contributed by atoms with van der Waals surface area (Å²) >= 11 is 0. The van der Waals surface area contributed by atoms with E-state index >= 15 is 0 Å². The molecule has 2 fully saturated rings. The van der Waals surface area contributed by atoms with Crippen molar-refractivity contribution < 1.29 is 23.1 Å². The highest BCUT2D eigenvalue weighted by molar-refractivity contribution is 5.76. The van der Waals surface area contributed by atoms with Crippen LogP contribution in [-0.4, -0.2) is 41.3 Å². The molecule has 1 saturated carbocycles. The van der Waals surface area contributed by atoms with Crippen LogP contribution in [0, 0.1) is 11.8 Å². The number of likely N-dealkylation sites (tertiary alicyclic amines) is 1. The normalized spacial score (nSPS) is 24.1. The lowest BCUT2D eigenvalue weighted by atomic mass is 9.82. The Kier molecular flexibility index (Phi) is 4.38. The maximum atomic E-state index is 12.4. The Hall–Kier alpha value is -0.780. The molecule has 6 heteroatoms. The number of aliphatic hydroxyl groups is 1. The zero-order valence-corrected chi connectivity index (χ0v) is 10.8. The molecule has 0 radical (unpaired) electrons. The summed E-state index contributed by atoms with van der Waals surface area (Å²) in [5.41, 5.74) is 0. The maximum Gasteiger partial charge on any atom is 0.414 e. The van der Waals surface area contributed by atoms with Gasteiger partial charge in [-0.1, -0.05) is 6.42 Å². The molecular formula is C13H20F3NO2. The van der Waals surface area contributed by atoms with Gasteiger partial charge in [0.25, 0.3) is 0 Å². The third-order valence-electron chi connectivity index (χ3n) is 4.36. The Balaban J connectivity index is 1.76. The largest absolute Gasteiger partial charge is 0.414 e. The lowest BCUT2D eigenvalue weighted by Gasteiger charge is -2.36. The van der Waals surface area contributed by atoms with Crippen LogP contribution in [0.4, 0.5) is 13.2 Å². The molecule has 1 saturated heterocycles. The molecule has 1 N–H and O–H groups in total. The van der Waals surface area contributed by atoms with Crippen LogP contribution in [-0.2, 0) is 4.79 Å². The van der Waals surface area contributed by atoms with Crippen molar-refractivity contribution in [2.24, 2.45) is 11.8 Å². The van der Waals surface area contributed by atoms with Crippen molar-refractivity contribution in [2.45, 2.75) is 50.8 Å². The lowest BCUT2D eigenvalue weighted by Crippen LogP contribution is -2.45. The first-order chi connectivity index (χ1) is 8.88. The van der Waals surface area contributed by atoms with Crippen molar-refractivity contribution >= 4 is 5.91 Å². The molecule has 110 valence electrons. The second kappa shape index (κ2) is 5.69. The van der Waals surface area contributed by atoms with Crippen LogP contribution < -0.4 is 0 Å². The van der Waals surface area contributed by atoms with Gasteiger partial charge in [0.15, 0.2) is 6.10 Å². The molecule has 1 unspecified atom stereocenters. The SMILES string of the molecule is O=C(CC1CCC1)N1CCC(C(O)C(F)(F)F)CC1. The van der Waals surface area contributed by atoms with Crippen LogP contribution in [0.1, 0.15) is 38.5 Å². The molecule has 3 nitrogen and oxygen atoms in total. The minimum absolute atomic E-state index is 0.0599. The number of carbonyl (C=O) groups excluding carboxylic acids is 1. The molecule has 19 heavy (non-hydrogen) atoms. The molecule has 1 aliphatic carbocycles. The topological polar surface area (TPSA) is 40.5 Å². The van der Waals surface area contributed by atoms with Gasteiger partial charge in [0.05, 0.1) is 0 Å². The summed E-state index contributed by atoms with van der Waals surface area (Å²) in [6.45, 7) is 0.673. The molecule has 1 aliphatic heterocycles. The van der Waals surface area contributed by atoms with Crippen molar-refractivity contribution in [3.8, 4) is 0 Å². The van der Waals surface area contributed by atoms with Gasteiger partial charge in [-0.15, -0.1) is 0 Å². The fourth-order valence-corrected chi connectivity index (χ4v) is 2.80. The molecule has 1 heterocycles. The van der Waals surface area contributed by atoms with Gasteiger partial charge in [-0.2, -0.15) is 13.2 Å². The molecule has 1 atom stereocenters. The van der Waals surface area contributed by atoms with Gasteiger partial charge in [0.1, 0.15) is 0 Å². The van der Waals surface area contributed by atoms with Gasteiger partial charge in [-0.25, -0.2) is 0 Å². The number of aliphatic hydroxyl groups excluding tert-OH is 1. The van der Waals surface area contributed by atoms with Crippen LogP contribution in [0.3, 0.4) is 0 Å². The summed E-state index contributed by atoms with van der Waals surface area (Å²) in [7, 11) is 0. The van der Waals surface area contributed by atoms with E-state index in [9.17, 15) is 23.1 Å². The fraction of sp³-hybridized carbons (Fsp3) is 0.923. The Labute approximate surface area is 110 Å². The minimum atomic E-state index is -4.55. The Morgan fingerprint density at radius 2 is 1.79 bits per heavy atom. The zero-order chi connectivity index (χ0) is 14.0. The van der Waals surface area contributed by atoms with E-state index in [1.165, 1.54) is 6.42 Å². The summed E-state index contributed by atoms with van der Waals surface area (Å²) < 4.78 is 37.2. The van der Waals surface area contributed by atoms with E-state index in [4.69, 9.17) is 0 Å². The third-order valence-corrected chi connectivity index (χ3v) is 4.36. The summed E-state index contributed by atoms with van der Waals surface area (Å²) in [6, 6.07) is 0. The van der Waals surface area contributed by atoms with E-state index < -0.39 is 18.2 Å². The highest BCUT2D eigenvalue weighted by atomic mass is 19.4. The molecule has 0 aromatic heterocycles. The second-order valence-electron chi connectivity index (χ2n) is 5.71. The van der Waals surface area contributed by atoms with Crippen LogP contribution in [0.2, 0.25) is 0 Å². The number of carbonyl (C=O) groups is 1. The van der Waals surface area contributed by atoms with Crippen LogP contribution in [0.15, 0.2) is 0 Å². The second-order valence-corrected chi connectivity index (χ2v) is 5.71. The van der Waals surface area contributed by atoms with Gasteiger partial charge < -0.3 is 10.0 Å². The first-order valence-corrected chi connectivity index (χ1v) is 6.90. The summed E-state index contributed by atoms with van der Waals surface area (Å²) in [5.74, 6) is -0.233. The lowest BCUT2D eigenvalue weighted by molar-refractivity contribution is -0.222. The van der Waals surface area contributed by atoms with E-state index in [2.05, 4.69) is 0 Å². The molecule has 0 spiro atoms. The molecule has 0 aromatic carbocycles. The molecule has 0 aromatic rings. The average Bonchev–Trinajstić information content (AvgIpc) is 2.31. The fourth-order valence-electron chi connectivity index (χ4n) is 2.80. The van der Waals surface area contributed by atoms with Crippen LogP contribution in [0.5, 0.6) is 0 Å². The van der Waals surface area contributed by atoms with Crippen molar-refractivity contribution in [3.63, 3.8) is 0 Å². The Morgan fingerprint density at radius 3 is 2.21 bits per heavy atom. The van der Waals surface area contributed by atoms with Gasteiger partial charge in [-0.3, -0.25) is 4.79 Å². The van der Waals surface area contributed by atoms with E-state index in [0.717, 1.165) is 12.8 Å². The molecule has 2 aliphatic rings. The number of amides is 1. The van der Waals surface area contributed by atoms with Crippen molar-refractivity contribution in [2.75, 3.05) is 13.1 Å². The number of hydrogen-bond donors (Lipinski definition) is 1. The van der Waals surface area contributed by atoms with Crippen molar-refractivity contribution in [1.82, 2.24) is 4.90 Å². The summed E-state index contributed by atoms with van der Waals surface area (Å²) in [6.07, 6.45) is -2.44. The Bertz CT molecular complexity index is 320. The smallest absolute Gasteiger partial charge is 0.383 e. The van der Waals surface area contributed by atoms with Gasteiger partial charge in [0, 0.05) is 19.5 Å². The van der Waals surface area contributed by atoms with Gasteiger partial charge in [-0.05, 0) is 37.5 Å². The van der Waals surface area contributed by atoms with E-state index in [1.54, 1.807) is 4.90 Å². The number of piperidine rings is 1. The number of hydrogen-bond acceptors (Lipinski definition) is 2. The van der Waals surface area contributed by atoms with Crippen molar-refractivity contribution in [1.29, 1.82) is 0 Å². The number of rotatable bonds is 3. The average molecular weight is 279 g/mol. The zero-order valence-electron chi connectivity index (χ0n) is 10.8. The third kappa shape index (κ3) is 3.61. The summed E-state index contributed by atoms with van der Waals surface area (Å²) in [4.78, 5) is 13.6. The van der Waals surface area contributed by atoms with E-state index in [-0.39, 0.29) is 18.7 Å². The molecule has 1 amide bonds. The van der Waals surface area contributed by atoms with E-state index in [1.807, 2.05) is 0 Å². The first-order valence-electron chi connectivity index (χ1n) is 6.90. The van der Waals surface area contributed by atoms with Gasteiger partial charge >= 0.3 is 6.18 Å². The number of halogens is 3. The van der Waals surface area contributed by atoms with Crippen LogP contribution in [0.25, 0.3) is 0 Å². The monoisotopic (exact) mass is 279 g/mol. The molecule has 0 bridgehead atoms. The first kappa shape index (κ1) is 14.6. The molecular weight excluding hydrogens is 259 g/mol. The predicted octanol–water partition coefficient (Wildman–Crippen LogP) is 2.34. The van der Waals surface area contributed by atoms with Crippen molar-refractivity contribution in [3.05, 3.63) is 0 Å². The maximum absolute atomic E-state index is 12.4. The Morgan fingerprint density at radius 1 is 1.21 bits per heavy atom. The van der Waals surface area contributed by atoms with E-state index in [0.29, 0.717) is 25.4 Å². The van der Waals surface area contributed by atoms with Crippen LogP contribution >= 0.6 is 0 Å². The molecule has 2 rings (SSSR count). The number of alkyl halides is 3. The number of nitrogens with zero attached hydrogens (tertiary/aromatic N) is 1. The highest BCUT2D eigenvalue weighted by Crippen LogP contribution is 2.33. The highest BCUT2D eigenvalue weighted by Gasteiger charge is 2.44. The quantitative estimate of drug-likeness (QED) is 0.861. The predicted molar refractivity (Wildman–Crippen MR) is 63.3 cm³/mol. The standard InChI is InChI=1S/C13H20F3NO2/c14-13(15,16)12(19)10-4-6-17(7-5-10)11(18)8-9-2-1-3-9/h9-10,12,19H,1-8H2. The minimum Gasteiger partial charge on any atom is -0.383 e. The summed E-state index contributed by atoms with van der Waals surface area (Å²) in [5, 5.41) is 9.20.